The van der Waals surface area contributed by atoms with Gasteiger partial charge in [-0.15, -0.1) is 12.4 Å². The van der Waals surface area contributed by atoms with Crippen LogP contribution in [-0.4, -0.2) is 41.8 Å². The van der Waals surface area contributed by atoms with Crippen molar-refractivity contribution in [3.8, 4) is 0 Å². The summed E-state index contributed by atoms with van der Waals surface area (Å²) in [5.74, 6) is -1.44. The van der Waals surface area contributed by atoms with Gasteiger partial charge in [0, 0.05) is 0 Å². The molecular weight excluding hydrogens is 344 g/mol. The van der Waals surface area contributed by atoms with E-state index < -0.39 is 23.8 Å². The number of carbonyl (C=O) groups is 3. The van der Waals surface area contributed by atoms with Crippen LogP contribution in [-0.2, 0) is 14.4 Å². The second kappa shape index (κ2) is 10.7. The van der Waals surface area contributed by atoms with Crippen LogP contribution in [0.2, 0.25) is 0 Å². The summed E-state index contributed by atoms with van der Waals surface area (Å²) in [7, 11) is 0. The molecule has 0 aromatic heterocycles. The van der Waals surface area contributed by atoms with Gasteiger partial charge in [0.1, 0.15) is 0 Å². The van der Waals surface area contributed by atoms with Crippen LogP contribution in [0.15, 0.2) is 30.3 Å². The van der Waals surface area contributed by atoms with E-state index in [1.807, 2.05) is 44.2 Å². The van der Waals surface area contributed by atoms with Crippen molar-refractivity contribution in [2.75, 3.05) is 13.1 Å². The van der Waals surface area contributed by atoms with Crippen LogP contribution < -0.4 is 16.8 Å². The van der Waals surface area contributed by atoms with Gasteiger partial charge in [0.05, 0.1) is 25.2 Å². The fourth-order valence-corrected chi connectivity index (χ4v) is 2.21. The van der Waals surface area contributed by atoms with Crippen LogP contribution in [0.4, 0.5) is 0 Å². The van der Waals surface area contributed by atoms with Crippen molar-refractivity contribution in [3.05, 3.63) is 35.9 Å². The summed E-state index contributed by atoms with van der Waals surface area (Å²) in [6, 6.07) is 8.25. The predicted molar refractivity (Wildman–Crippen MR) is 98.8 cm³/mol. The summed E-state index contributed by atoms with van der Waals surface area (Å²) in [6.07, 6.45) is 0. The van der Waals surface area contributed by atoms with E-state index in [9.17, 15) is 14.4 Å². The monoisotopic (exact) mass is 370 g/mol. The lowest BCUT2D eigenvalue weighted by Crippen LogP contribution is -2.49. The molecule has 0 aliphatic heterocycles. The molecule has 5 N–H and O–H groups in total. The normalized spacial score (nSPS) is 12.7. The highest BCUT2D eigenvalue weighted by molar-refractivity contribution is 5.89. The second-order valence-corrected chi connectivity index (χ2v) is 6.06. The molecule has 1 rings (SSSR count). The number of hydrogen-bond acceptors (Lipinski definition) is 4. The number of halogens is 1. The molecular formula is C17H27ClN4O3. The minimum absolute atomic E-state index is 0. The van der Waals surface area contributed by atoms with Gasteiger partial charge in [-0.2, -0.15) is 0 Å². The molecule has 0 fully saturated rings. The van der Waals surface area contributed by atoms with Gasteiger partial charge in [0.25, 0.3) is 0 Å². The molecule has 0 aliphatic carbocycles. The molecule has 0 aliphatic rings. The van der Waals surface area contributed by atoms with Crippen molar-refractivity contribution in [2.24, 2.45) is 17.4 Å². The number of hydrogen-bond donors (Lipinski definition) is 3. The van der Waals surface area contributed by atoms with E-state index >= 15 is 0 Å². The molecule has 140 valence electrons. The summed E-state index contributed by atoms with van der Waals surface area (Å²) in [5.41, 5.74) is 11.9. The first-order valence-corrected chi connectivity index (χ1v) is 7.90. The highest BCUT2D eigenvalue weighted by atomic mass is 35.5. The average molecular weight is 371 g/mol. The van der Waals surface area contributed by atoms with E-state index in [0.29, 0.717) is 0 Å². The van der Waals surface area contributed by atoms with E-state index in [0.717, 1.165) is 5.56 Å². The van der Waals surface area contributed by atoms with E-state index in [4.69, 9.17) is 11.5 Å². The van der Waals surface area contributed by atoms with Crippen LogP contribution in [0, 0.1) is 5.92 Å². The molecule has 0 saturated heterocycles. The Balaban J connectivity index is 0.00000576. The number of primary amides is 1. The Morgan fingerprint density at radius 2 is 1.68 bits per heavy atom. The molecule has 0 spiro atoms. The topological polar surface area (TPSA) is 119 Å². The first-order chi connectivity index (χ1) is 11.2. The van der Waals surface area contributed by atoms with Gasteiger partial charge in [-0.3, -0.25) is 14.4 Å². The van der Waals surface area contributed by atoms with Crippen molar-refractivity contribution in [1.82, 2.24) is 10.2 Å². The molecule has 0 radical (unpaired) electrons. The largest absolute Gasteiger partial charge is 0.368 e. The Hall–Kier alpha value is -2.12. The zero-order valence-electron chi connectivity index (χ0n) is 14.8. The number of rotatable bonds is 8. The van der Waals surface area contributed by atoms with Gasteiger partial charge in [-0.1, -0.05) is 44.2 Å². The number of amides is 3. The first kappa shape index (κ1) is 22.9. The maximum Gasteiger partial charge on any atom is 0.242 e. The molecule has 3 amide bonds. The zero-order valence-corrected chi connectivity index (χ0v) is 15.6. The Morgan fingerprint density at radius 1 is 1.12 bits per heavy atom. The minimum Gasteiger partial charge on any atom is -0.368 e. The van der Waals surface area contributed by atoms with Gasteiger partial charge in [-0.05, 0) is 18.4 Å². The zero-order chi connectivity index (χ0) is 18.3. The molecule has 2 atom stereocenters. The van der Waals surface area contributed by atoms with E-state index in [2.05, 4.69) is 5.32 Å². The van der Waals surface area contributed by atoms with Crippen molar-refractivity contribution >= 4 is 30.1 Å². The maximum absolute atomic E-state index is 12.5. The fourth-order valence-electron chi connectivity index (χ4n) is 2.21. The Labute approximate surface area is 154 Å². The minimum atomic E-state index is -0.686. The maximum atomic E-state index is 12.5. The molecule has 8 heteroatoms. The van der Waals surface area contributed by atoms with Gasteiger partial charge >= 0.3 is 0 Å². The van der Waals surface area contributed by atoms with Crippen LogP contribution in [0.1, 0.15) is 32.4 Å². The summed E-state index contributed by atoms with van der Waals surface area (Å²) in [6.45, 7) is 4.99. The van der Waals surface area contributed by atoms with Gasteiger partial charge in [0.15, 0.2) is 0 Å². The lowest BCUT2D eigenvalue weighted by Gasteiger charge is -2.29. The highest BCUT2D eigenvalue weighted by Gasteiger charge is 2.24. The molecule has 0 bridgehead atoms. The SMILES string of the molecule is CC(C)[C@H](N)C(=O)NCC(=O)N(CC(N)=O)[C@H](C)c1ccccc1.Cl. The molecule has 1 aromatic rings. The number of benzene rings is 1. The van der Waals surface area contributed by atoms with Crippen LogP contribution >= 0.6 is 12.4 Å². The first-order valence-electron chi connectivity index (χ1n) is 7.90. The van der Waals surface area contributed by atoms with E-state index in [1.165, 1.54) is 4.90 Å². The smallest absolute Gasteiger partial charge is 0.242 e. The van der Waals surface area contributed by atoms with Crippen molar-refractivity contribution in [2.45, 2.75) is 32.9 Å². The summed E-state index contributed by atoms with van der Waals surface area (Å²) in [4.78, 5) is 37.0. The van der Waals surface area contributed by atoms with Crippen molar-refractivity contribution in [3.63, 3.8) is 0 Å². The van der Waals surface area contributed by atoms with Crippen molar-refractivity contribution in [1.29, 1.82) is 0 Å². The van der Waals surface area contributed by atoms with Gasteiger partial charge in [0.2, 0.25) is 17.7 Å². The number of carbonyl (C=O) groups excluding carboxylic acids is 3. The quantitative estimate of drug-likeness (QED) is 0.620. The van der Waals surface area contributed by atoms with E-state index in [-0.39, 0.29) is 37.5 Å². The molecule has 7 nitrogen and oxygen atoms in total. The third-order valence-electron chi connectivity index (χ3n) is 3.83. The third-order valence-corrected chi connectivity index (χ3v) is 3.83. The summed E-state index contributed by atoms with van der Waals surface area (Å²) >= 11 is 0. The summed E-state index contributed by atoms with van der Waals surface area (Å²) < 4.78 is 0. The Bertz CT molecular complexity index is 581. The predicted octanol–water partition coefficient (Wildman–Crippen LogP) is 0.583. The van der Waals surface area contributed by atoms with Crippen LogP contribution in [0.3, 0.4) is 0 Å². The van der Waals surface area contributed by atoms with Gasteiger partial charge < -0.3 is 21.7 Å². The molecule has 0 heterocycles. The third kappa shape index (κ3) is 7.11. The highest BCUT2D eigenvalue weighted by Crippen LogP contribution is 2.19. The van der Waals surface area contributed by atoms with Crippen LogP contribution in [0.5, 0.6) is 0 Å². The van der Waals surface area contributed by atoms with Gasteiger partial charge in [-0.25, -0.2) is 0 Å². The Morgan fingerprint density at radius 3 is 2.16 bits per heavy atom. The lowest BCUT2D eigenvalue weighted by atomic mass is 10.0. The number of nitrogens with one attached hydrogen (secondary N) is 1. The molecule has 0 saturated carbocycles. The lowest BCUT2D eigenvalue weighted by molar-refractivity contribution is -0.138. The summed E-state index contributed by atoms with van der Waals surface area (Å²) in [5, 5.41) is 2.52. The average Bonchev–Trinajstić information content (AvgIpc) is 2.56. The second-order valence-electron chi connectivity index (χ2n) is 6.06. The van der Waals surface area contributed by atoms with Crippen LogP contribution in [0.25, 0.3) is 0 Å². The van der Waals surface area contributed by atoms with Crippen molar-refractivity contribution < 1.29 is 14.4 Å². The number of nitrogens with two attached hydrogens (primary N) is 2. The molecule has 25 heavy (non-hydrogen) atoms. The fraction of sp³-hybridized carbons (Fsp3) is 0.471. The van der Waals surface area contributed by atoms with E-state index in [1.54, 1.807) is 6.92 Å². The Kier molecular flexibility index (Phi) is 9.78. The standard InChI is InChI=1S/C17H26N4O3.ClH/c1-11(2)16(19)17(24)20-9-15(23)21(10-14(18)22)12(3)13-7-5-4-6-8-13;/h4-8,11-12,16H,9-10,19H2,1-3H3,(H2,18,22)(H,20,24);1H/t12-,16+;/m1./s1. The molecule has 1 aromatic carbocycles. The number of nitrogens with zero attached hydrogens (tertiary/aromatic N) is 1. The molecule has 0 unspecified atom stereocenters.